The summed E-state index contributed by atoms with van der Waals surface area (Å²) in [6.45, 7) is 1.21. The van der Waals surface area contributed by atoms with Crippen LogP contribution in [0.1, 0.15) is 38.5 Å². The molecule has 1 aromatic rings. The highest BCUT2D eigenvalue weighted by molar-refractivity contribution is 7.89. The number of carbonyl (C=O) groups excluding carboxylic acids is 1. The third-order valence-electron chi connectivity index (χ3n) is 3.97. The molecule has 0 spiro atoms. The number of carbonyl (C=O) groups is 1. The van der Waals surface area contributed by atoms with Gasteiger partial charge in [0.1, 0.15) is 5.82 Å². The third kappa shape index (κ3) is 5.72. The quantitative estimate of drug-likeness (QED) is 0.741. The minimum Gasteiger partial charge on any atom is -0.326 e. The Labute approximate surface area is 147 Å². The highest BCUT2D eigenvalue weighted by atomic mass is 35.5. The molecule has 0 aromatic heterocycles. The average molecular weight is 377 g/mol. The topological polar surface area (TPSA) is 66.5 Å². The Bertz CT molecular complexity index is 676. The highest BCUT2D eigenvalue weighted by Gasteiger charge is 2.23. The molecule has 1 heterocycles. The van der Waals surface area contributed by atoms with E-state index < -0.39 is 15.8 Å². The first kappa shape index (κ1) is 19.1. The van der Waals surface area contributed by atoms with Crippen molar-refractivity contribution in [2.75, 3.05) is 24.2 Å². The van der Waals surface area contributed by atoms with Crippen LogP contribution in [-0.4, -0.2) is 37.5 Å². The Hall–Kier alpha value is -1.18. The molecule has 0 radical (unpaired) electrons. The summed E-state index contributed by atoms with van der Waals surface area (Å²) >= 11 is 5.65. The Morgan fingerprint density at radius 1 is 1.21 bits per heavy atom. The van der Waals surface area contributed by atoms with Gasteiger partial charge in [0.05, 0.1) is 10.8 Å². The van der Waals surface area contributed by atoms with Gasteiger partial charge in [0.15, 0.2) is 0 Å². The number of amides is 1. The summed E-state index contributed by atoms with van der Waals surface area (Å²) in [5, 5.41) is 2.57. The van der Waals surface area contributed by atoms with Crippen molar-refractivity contribution in [1.29, 1.82) is 0 Å². The van der Waals surface area contributed by atoms with Crippen LogP contribution >= 0.6 is 11.6 Å². The van der Waals surface area contributed by atoms with Gasteiger partial charge < -0.3 is 5.32 Å². The van der Waals surface area contributed by atoms with E-state index in [-0.39, 0.29) is 23.1 Å². The van der Waals surface area contributed by atoms with Crippen LogP contribution in [0.25, 0.3) is 0 Å². The highest BCUT2D eigenvalue weighted by Crippen LogP contribution is 2.20. The van der Waals surface area contributed by atoms with Crippen molar-refractivity contribution < 1.29 is 17.6 Å². The van der Waals surface area contributed by atoms with Crippen molar-refractivity contribution in [2.45, 2.75) is 38.5 Å². The Morgan fingerprint density at radius 2 is 1.92 bits per heavy atom. The fraction of sp³-hybridized carbons (Fsp3) is 0.562. The second kappa shape index (κ2) is 8.78. The van der Waals surface area contributed by atoms with Crippen LogP contribution in [-0.2, 0) is 14.8 Å². The lowest BCUT2D eigenvalue weighted by atomic mass is 10.2. The van der Waals surface area contributed by atoms with Crippen molar-refractivity contribution in [1.82, 2.24) is 4.31 Å². The Morgan fingerprint density at radius 3 is 2.58 bits per heavy atom. The molecule has 1 fully saturated rings. The van der Waals surface area contributed by atoms with Crippen molar-refractivity contribution in [3.63, 3.8) is 0 Å². The van der Waals surface area contributed by atoms with Crippen LogP contribution in [0.4, 0.5) is 10.1 Å². The smallest absolute Gasteiger partial charge is 0.224 e. The van der Waals surface area contributed by atoms with E-state index in [2.05, 4.69) is 5.32 Å². The van der Waals surface area contributed by atoms with Gasteiger partial charge in [-0.15, -0.1) is 0 Å². The molecule has 24 heavy (non-hydrogen) atoms. The SMILES string of the molecule is O=C(CCCCS(=O)(=O)N1CCCCC1)Nc1ccc(F)c(Cl)c1. The molecule has 1 aliphatic rings. The molecule has 0 unspecified atom stereocenters. The number of nitrogens with one attached hydrogen (secondary N) is 1. The monoisotopic (exact) mass is 376 g/mol. The summed E-state index contributed by atoms with van der Waals surface area (Å²) in [6.07, 6.45) is 4.05. The zero-order valence-corrected chi connectivity index (χ0v) is 15.0. The van der Waals surface area contributed by atoms with E-state index >= 15 is 0 Å². The molecule has 1 aliphatic heterocycles. The summed E-state index contributed by atoms with van der Waals surface area (Å²) in [5.74, 6) is -0.714. The number of benzene rings is 1. The Balaban J connectivity index is 1.71. The maximum absolute atomic E-state index is 13.0. The van der Waals surface area contributed by atoms with Crippen molar-refractivity contribution in [2.24, 2.45) is 0 Å². The molecule has 134 valence electrons. The number of sulfonamides is 1. The standard InChI is InChI=1S/C16H22ClFN2O3S/c17-14-12-13(7-8-15(14)18)19-16(21)6-2-5-11-24(22,23)20-9-3-1-4-10-20/h7-8,12H,1-6,9-11H2,(H,19,21). The van der Waals surface area contributed by atoms with E-state index in [1.54, 1.807) is 4.31 Å². The molecule has 1 N–H and O–H groups in total. The first-order valence-corrected chi connectivity index (χ1v) is 10.1. The zero-order valence-electron chi connectivity index (χ0n) is 13.4. The van der Waals surface area contributed by atoms with Crippen molar-refractivity contribution in [3.05, 3.63) is 29.0 Å². The van der Waals surface area contributed by atoms with Crippen LogP contribution in [0.2, 0.25) is 5.02 Å². The predicted molar refractivity (Wildman–Crippen MR) is 93.1 cm³/mol. The lowest BCUT2D eigenvalue weighted by Crippen LogP contribution is -2.37. The number of nitrogens with zero attached hydrogens (tertiary/aromatic N) is 1. The van der Waals surface area contributed by atoms with Gasteiger partial charge in [0, 0.05) is 25.2 Å². The number of hydrogen-bond acceptors (Lipinski definition) is 3. The molecular formula is C16H22ClFN2O3S. The minimum atomic E-state index is -3.21. The van der Waals surface area contributed by atoms with Gasteiger partial charge in [-0.1, -0.05) is 18.0 Å². The van der Waals surface area contributed by atoms with Gasteiger partial charge in [-0.2, -0.15) is 0 Å². The largest absolute Gasteiger partial charge is 0.326 e. The summed E-state index contributed by atoms with van der Waals surface area (Å²) in [4.78, 5) is 11.8. The molecule has 2 rings (SSSR count). The normalized spacial score (nSPS) is 16.1. The molecular weight excluding hydrogens is 355 g/mol. The lowest BCUT2D eigenvalue weighted by molar-refractivity contribution is -0.116. The summed E-state index contributed by atoms with van der Waals surface area (Å²) in [7, 11) is -3.21. The molecule has 0 atom stereocenters. The van der Waals surface area contributed by atoms with E-state index in [9.17, 15) is 17.6 Å². The Kier molecular flexibility index (Phi) is 7.01. The van der Waals surface area contributed by atoms with Crippen LogP contribution in [0.3, 0.4) is 0 Å². The molecule has 0 aliphatic carbocycles. The lowest BCUT2D eigenvalue weighted by Gasteiger charge is -2.25. The first-order chi connectivity index (χ1) is 11.4. The van der Waals surface area contributed by atoms with E-state index in [1.807, 2.05) is 0 Å². The molecule has 0 saturated carbocycles. The summed E-state index contributed by atoms with van der Waals surface area (Å²) in [5.41, 5.74) is 0.423. The number of piperidine rings is 1. The van der Waals surface area contributed by atoms with Gasteiger partial charge >= 0.3 is 0 Å². The average Bonchev–Trinajstić information content (AvgIpc) is 2.56. The maximum atomic E-state index is 13.0. The fourth-order valence-electron chi connectivity index (χ4n) is 2.64. The fourth-order valence-corrected chi connectivity index (χ4v) is 4.46. The van der Waals surface area contributed by atoms with Crippen molar-refractivity contribution >= 4 is 33.2 Å². The summed E-state index contributed by atoms with van der Waals surface area (Å²) in [6, 6.07) is 3.96. The van der Waals surface area contributed by atoms with E-state index in [4.69, 9.17) is 11.6 Å². The predicted octanol–water partition coefficient (Wildman–Crippen LogP) is 3.40. The molecule has 8 heteroatoms. The van der Waals surface area contributed by atoms with Gasteiger partial charge in [0.25, 0.3) is 0 Å². The molecule has 1 aromatic carbocycles. The van der Waals surface area contributed by atoms with Crippen LogP contribution in [0, 0.1) is 5.82 Å². The minimum absolute atomic E-state index is 0.0552. The number of rotatable bonds is 7. The number of hydrogen-bond donors (Lipinski definition) is 1. The van der Waals surface area contributed by atoms with Gasteiger partial charge in [-0.3, -0.25) is 4.79 Å². The number of unbranched alkanes of at least 4 members (excludes halogenated alkanes) is 1. The van der Waals surface area contributed by atoms with E-state index in [0.29, 0.717) is 31.6 Å². The molecule has 1 amide bonds. The summed E-state index contributed by atoms with van der Waals surface area (Å²) < 4.78 is 38.9. The van der Waals surface area contributed by atoms with E-state index in [0.717, 1.165) is 19.3 Å². The van der Waals surface area contributed by atoms with Crippen LogP contribution < -0.4 is 5.32 Å². The second-order valence-electron chi connectivity index (χ2n) is 5.91. The van der Waals surface area contributed by atoms with E-state index in [1.165, 1.54) is 18.2 Å². The van der Waals surface area contributed by atoms with Gasteiger partial charge in [-0.05, 0) is 43.9 Å². The number of anilines is 1. The van der Waals surface area contributed by atoms with Crippen molar-refractivity contribution in [3.8, 4) is 0 Å². The maximum Gasteiger partial charge on any atom is 0.224 e. The third-order valence-corrected chi connectivity index (χ3v) is 6.21. The van der Waals surface area contributed by atoms with Crippen LogP contribution in [0.15, 0.2) is 18.2 Å². The molecule has 5 nitrogen and oxygen atoms in total. The van der Waals surface area contributed by atoms with Gasteiger partial charge in [-0.25, -0.2) is 17.1 Å². The number of halogens is 2. The van der Waals surface area contributed by atoms with Gasteiger partial charge in [0.2, 0.25) is 15.9 Å². The molecule has 1 saturated heterocycles. The first-order valence-electron chi connectivity index (χ1n) is 8.11. The van der Waals surface area contributed by atoms with Crippen LogP contribution in [0.5, 0.6) is 0 Å². The zero-order chi connectivity index (χ0) is 17.6. The second-order valence-corrected chi connectivity index (χ2v) is 8.41. The molecule has 0 bridgehead atoms.